The van der Waals surface area contributed by atoms with Crippen molar-refractivity contribution < 1.29 is 12.9 Å². The van der Waals surface area contributed by atoms with Crippen molar-refractivity contribution in [2.75, 3.05) is 4.72 Å². The van der Waals surface area contributed by atoms with E-state index in [4.69, 9.17) is 4.52 Å². The van der Waals surface area contributed by atoms with Gasteiger partial charge in [-0.2, -0.15) is 5.10 Å². The average molecular weight is 349 g/mol. The highest BCUT2D eigenvalue weighted by atomic mass is 32.2. The minimum atomic E-state index is -3.79. The maximum absolute atomic E-state index is 12.5. The molecule has 3 rings (SSSR count). The zero-order valence-electron chi connectivity index (χ0n) is 13.9. The van der Waals surface area contributed by atoms with E-state index in [1.807, 2.05) is 0 Å². The van der Waals surface area contributed by atoms with Crippen LogP contribution in [0, 0.1) is 12.3 Å². The Balaban J connectivity index is 1.86. The van der Waals surface area contributed by atoms with Gasteiger partial charge in [-0.3, -0.25) is 9.82 Å². The first-order valence-electron chi connectivity index (χ1n) is 7.43. The monoisotopic (exact) mass is 349 g/mol. The third kappa shape index (κ3) is 3.40. The molecular weight excluding hydrogens is 330 g/mol. The van der Waals surface area contributed by atoms with Crippen molar-refractivity contribution in [1.82, 2.24) is 20.3 Å². The van der Waals surface area contributed by atoms with Gasteiger partial charge in [-0.05, 0) is 24.8 Å². The van der Waals surface area contributed by atoms with Gasteiger partial charge in [0.25, 0.3) is 15.7 Å². The summed E-state index contributed by atoms with van der Waals surface area (Å²) >= 11 is 0. The Morgan fingerprint density at radius 1 is 1.29 bits per heavy atom. The zero-order valence-corrected chi connectivity index (χ0v) is 14.7. The van der Waals surface area contributed by atoms with Crippen molar-refractivity contribution in [3.8, 4) is 0 Å². The van der Waals surface area contributed by atoms with Gasteiger partial charge in [-0.25, -0.2) is 13.4 Å². The van der Waals surface area contributed by atoms with Gasteiger partial charge in [0.2, 0.25) is 0 Å². The van der Waals surface area contributed by atoms with Gasteiger partial charge in [0.05, 0.1) is 17.3 Å². The summed E-state index contributed by atoms with van der Waals surface area (Å²) in [7, 11) is -3.79. The van der Waals surface area contributed by atoms with E-state index in [2.05, 4.69) is 45.8 Å². The Morgan fingerprint density at radius 3 is 2.75 bits per heavy atom. The standard InChI is InChI=1S/C15H19N5O3S/c1-9-12-6-11(8-16-14(12)23-19-9)24(21,22)20-13-5-10(17-18-13)7-15(2,3)4/h5-6,8H,7H2,1-4H3,(H2,17,18,20). The molecule has 0 saturated carbocycles. The quantitative estimate of drug-likeness (QED) is 0.748. The molecule has 0 amide bonds. The van der Waals surface area contributed by atoms with Gasteiger partial charge in [-0.1, -0.05) is 25.9 Å². The molecule has 3 aromatic heterocycles. The van der Waals surface area contributed by atoms with E-state index < -0.39 is 10.0 Å². The summed E-state index contributed by atoms with van der Waals surface area (Å²) < 4.78 is 32.5. The number of nitrogens with zero attached hydrogens (tertiary/aromatic N) is 3. The molecule has 0 atom stereocenters. The lowest BCUT2D eigenvalue weighted by molar-refractivity contribution is 0.406. The van der Waals surface area contributed by atoms with E-state index in [1.165, 1.54) is 12.3 Å². The van der Waals surface area contributed by atoms with E-state index in [1.54, 1.807) is 13.0 Å². The molecule has 0 bridgehead atoms. The van der Waals surface area contributed by atoms with Crippen molar-refractivity contribution in [3.63, 3.8) is 0 Å². The topological polar surface area (TPSA) is 114 Å². The summed E-state index contributed by atoms with van der Waals surface area (Å²) in [6.07, 6.45) is 1.99. The number of hydrogen-bond acceptors (Lipinski definition) is 6. The lowest BCUT2D eigenvalue weighted by Gasteiger charge is -2.15. The lowest BCUT2D eigenvalue weighted by Crippen LogP contribution is -2.13. The van der Waals surface area contributed by atoms with Gasteiger partial charge in [0.15, 0.2) is 5.82 Å². The van der Waals surface area contributed by atoms with Crippen molar-refractivity contribution in [2.45, 2.75) is 39.0 Å². The zero-order chi connectivity index (χ0) is 17.5. The molecule has 2 N–H and O–H groups in total. The molecule has 0 radical (unpaired) electrons. The third-order valence-corrected chi connectivity index (χ3v) is 4.71. The number of nitrogens with one attached hydrogen (secondary N) is 2. The number of H-pyrrole nitrogens is 1. The Kier molecular flexibility index (Phi) is 3.83. The van der Waals surface area contributed by atoms with E-state index in [0.29, 0.717) is 16.8 Å². The van der Waals surface area contributed by atoms with Gasteiger partial charge < -0.3 is 4.52 Å². The summed E-state index contributed by atoms with van der Waals surface area (Å²) in [4.78, 5) is 4.02. The fraction of sp³-hybridized carbons (Fsp3) is 0.400. The van der Waals surface area contributed by atoms with Crippen LogP contribution in [0.2, 0.25) is 0 Å². The molecule has 0 unspecified atom stereocenters. The van der Waals surface area contributed by atoms with Gasteiger partial charge in [0, 0.05) is 11.8 Å². The maximum Gasteiger partial charge on any atom is 0.264 e. The smallest absolute Gasteiger partial charge is 0.264 e. The molecule has 24 heavy (non-hydrogen) atoms. The molecule has 3 heterocycles. The third-order valence-electron chi connectivity index (χ3n) is 3.39. The first-order valence-corrected chi connectivity index (χ1v) is 8.91. The number of anilines is 1. The van der Waals surface area contributed by atoms with Crippen molar-refractivity contribution in [3.05, 3.63) is 29.7 Å². The van der Waals surface area contributed by atoms with E-state index in [9.17, 15) is 8.42 Å². The SMILES string of the molecule is Cc1noc2ncc(S(=O)(=O)Nc3cc(CC(C)(C)C)[nH]n3)cc12. The number of aryl methyl sites for hydroxylation is 1. The second-order valence-electron chi connectivity index (χ2n) is 6.91. The Bertz CT molecular complexity index is 982. The predicted octanol–water partition coefficient (Wildman–Crippen LogP) is 2.64. The van der Waals surface area contributed by atoms with Gasteiger partial charge >= 0.3 is 0 Å². The largest absolute Gasteiger partial charge is 0.336 e. The van der Waals surface area contributed by atoms with Crippen LogP contribution in [0.3, 0.4) is 0 Å². The maximum atomic E-state index is 12.5. The van der Waals surface area contributed by atoms with Crippen LogP contribution in [0.5, 0.6) is 0 Å². The second-order valence-corrected chi connectivity index (χ2v) is 8.60. The summed E-state index contributed by atoms with van der Waals surface area (Å²) in [5, 5.41) is 11.2. The summed E-state index contributed by atoms with van der Waals surface area (Å²) in [5.41, 5.74) is 1.83. The molecule has 0 aromatic carbocycles. The van der Waals surface area contributed by atoms with Crippen LogP contribution in [0.1, 0.15) is 32.2 Å². The number of rotatable bonds is 4. The molecule has 8 nitrogen and oxygen atoms in total. The molecule has 9 heteroatoms. The Labute approximate surface area is 139 Å². The normalized spacial score (nSPS) is 12.7. The molecule has 0 aliphatic heterocycles. The van der Waals surface area contributed by atoms with Crippen molar-refractivity contribution >= 4 is 26.9 Å². The molecular formula is C15H19N5O3S. The summed E-state index contributed by atoms with van der Waals surface area (Å²) in [6, 6.07) is 3.18. The first-order chi connectivity index (χ1) is 11.1. The average Bonchev–Trinajstić information content (AvgIpc) is 3.04. The molecule has 0 fully saturated rings. The Morgan fingerprint density at radius 2 is 2.04 bits per heavy atom. The molecule has 128 valence electrons. The predicted molar refractivity (Wildman–Crippen MR) is 89.1 cm³/mol. The number of aromatic nitrogens is 4. The molecule has 0 aliphatic rings. The minimum absolute atomic E-state index is 0.0293. The fourth-order valence-electron chi connectivity index (χ4n) is 2.35. The minimum Gasteiger partial charge on any atom is -0.336 e. The summed E-state index contributed by atoms with van der Waals surface area (Å²) in [5.74, 6) is 0.247. The number of aromatic amines is 1. The van der Waals surface area contributed by atoms with E-state index in [-0.39, 0.29) is 16.1 Å². The molecule has 0 saturated heterocycles. The number of sulfonamides is 1. The molecule has 0 aliphatic carbocycles. The molecule has 0 spiro atoms. The summed E-state index contributed by atoms with van der Waals surface area (Å²) in [6.45, 7) is 8.02. The number of pyridine rings is 1. The second kappa shape index (κ2) is 5.59. The number of hydrogen-bond donors (Lipinski definition) is 2. The highest BCUT2D eigenvalue weighted by Gasteiger charge is 2.20. The number of fused-ring (bicyclic) bond motifs is 1. The van der Waals surface area contributed by atoms with E-state index >= 15 is 0 Å². The van der Waals surface area contributed by atoms with Crippen LogP contribution >= 0.6 is 0 Å². The van der Waals surface area contributed by atoms with Crippen molar-refractivity contribution in [1.29, 1.82) is 0 Å². The van der Waals surface area contributed by atoms with Crippen LogP contribution in [0.4, 0.5) is 5.82 Å². The van der Waals surface area contributed by atoms with Gasteiger partial charge in [0.1, 0.15) is 4.90 Å². The lowest BCUT2D eigenvalue weighted by atomic mass is 9.91. The Hall–Kier alpha value is -2.42. The van der Waals surface area contributed by atoms with Crippen LogP contribution in [0.15, 0.2) is 27.7 Å². The van der Waals surface area contributed by atoms with Crippen LogP contribution < -0.4 is 4.72 Å². The first kappa shape index (κ1) is 16.4. The fourth-order valence-corrected chi connectivity index (χ4v) is 3.31. The van der Waals surface area contributed by atoms with Crippen LogP contribution in [-0.2, 0) is 16.4 Å². The highest BCUT2D eigenvalue weighted by Crippen LogP contribution is 2.23. The van der Waals surface area contributed by atoms with Crippen molar-refractivity contribution in [2.24, 2.45) is 5.41 Å². The molecule has 3 aromatic rings. The van der Waals surface area contributed by atoms with Crippen LogP contribution in [-0.4, -0.2) is 28.8 Å². The highest BCUT2D eigenvalue weighted by molar-refractivity contribution is 7.92. The van der Waals surface area contributed by atoms with Crippen LogP contribution in [0.25, 0.3) is 11.1 Å². The van der Waals surface area contributed by atoms with E-state index in [0.717, 1.165) is 12.1 Å². The van der Waals surface area contributed by atoms with Gasteiger partial charge in [-0.15, -0.1) is 0 Å².